The third-order valence-corrected chi connectivity index (χ3v) is 10.7. The van der Waals surface area contributed by atoms with Gasteiger partial charge in [-0.1, -0.05) is 65.8 Å². The number of carbonyl (C=O) groups excluding carboxylic acids is 2. The maximum absolute atomic E-state index is 12.3. The molecule has 0 aromatic carbocycles. The van der Waals surface area contributed by atoms with Crippen LogP contribution in [0.15, 0.2) is 35.5 Å². The molecule has 0 radical (unpaired) electrons. The number of hydrogen-bond donors (Lipinski definition) is 0. The first-order chi connectivity index (χ1) is 16.8. The number of rotatable bonds is 6. The molecule has 0 aliphatic heterocycles. The van der Waals surface area contributed by atoms with Crippen molar-refractivity contribution in [3.8, 4) is 0 Å². The Kier molecular flexibility index (Phi) is 7.40. The van der Waals surface area contributed by atoms with E-state index in [0.717, 1.165) is 19.3 Å². The van der Waals surface area contributed by atoms with Gasteiger partial charge < -0.3 is 9.47 Å². The van der Waals surface area contributed by atoms with Gasteiger partial charge in [0.05, 0.1) is 0 Å². The van der Waals surface area contributed by atoms with Crippen LogP contribution in [-0.2, 0) is 19.1 Å². The van der Waals surface area contributed by atoms with E-state index >= 15 is 0 Å². The molecule has 36 heavy (non-hydrogen) atoms. The molecule has 4 heteroatoms. The number of fused-ring (bicyclic) bond motifs is 5. The molecule has 4 rings (SSSR count). The molecule has 0 spiro atoms. The average Bonchev–Trinajstić information content (AvgIpc) is 3.14. The van der Waals surface area contributed by atoms with Crippen LogP contribution in [0.5, 0.6) is 0 Å². The van der Waals surface area contributed by atoms with Gasteiger partial charge >= 0.3 is 11.9 Å². The molecule has 0 aromatic heterocycles. The van der Waals surface area contributed by atoms with E-state index in [1.165, 1.54) is 37.8 Å². The normalized spacial score (nSPS) is 39.4. The van der Waals surface area contributed by atoms with Gasteiger partial charge in [-0.05, 0) is 78.3 Å². The zero-order valence-electron chi connectivity index (χ0n) is 23.9. The Labute approximate surface area is 219 Å². The highest BCUT2D eigenvalue weighted by atomic mass is 16.6. The monoisotopic (exact) mass is 496 g/mol. The molecule has 0 aromatic rings. The molecule has 0 amide bonds. The average molecular weight is 497 g/mol. The maximum atomic E-state index is 12.3. The molecular formula is C32H48O4. The van der Waals surface area contributed by atoms with E-state index in [9.17, 15) is 9.59 Å². The number of hydrogen-bond acceptors (Lipinski definition) is 4. The number of ether oxygens (including phenoxy) is 2. The predicted molar refractivity (Wildman–Crippen MR) is 144 cm³/mol. The fraction of sp³-hybridized carbons (Fsp3) is 0.750. The molecule has 0 N–H and O–H groups in total. The summed E-state index contributed by atoms with van der Waals surface area (Å²) in [7, 11) is 0. The van der Waals surface area contributed by atoms with Gasteiger partial charge in [-0.15, -0.1) is 0 Å². The van der Waals surface area contributed by atoms with Crippen LogP contribution in [0.1, 0.15) is 100 Å². The van der Waals surface area contributed by atoms with Gasteiger partial charge in [0, 0.05) is 32.1 Å². The van der Waals surface area contributed by atoms with Gasteiger partial charge in [0.2, 0.25) is 0 Å². The predicted octanol–water partition coefficient (Wildman–Crippen LogP) is 7.59. The Balaban J connectivity index is 1.64. The fourth-order valence-electron chi connectivity index (χ4n) is 8.20. The minimum absolute atomic E-state index is 0.198. The van der Waals surface area contributed by atoms with Crippen LogP contribution in [0.4, 0.5) is 0 Å². The summed E-state index contributed by atoms with van der Waals surface area (Å²) in [4.78, 5) is 24.0. The molecule has 2 fully saturated rings. The van der Waals surface area contributed by atoms with Gasteiger partial charge in [-0.2, -0.15) is 0 Å². The third kappa shape index (κ3) is 4.52. The van der Waals surface area contributed by atoms with E-state index in [1.54, 1.807) is 0 Å². The lowest BCUT2D eigenvalue weighted by atomic mass is 9.50. The van der Waals surface area contributed by atoms with Gasteiger partial charge in [-0.3, -0.25) is 9.59 Å². The summed E-state index contributed by atoms with van der Waals surface area (Å²) in [5.41, 5.74) is 2.26. The maximum Gasteiger partial charge on any atom is 0.303 e. The lowest BCUT2D eigenvalue weighted by Crippen LogP contribution is -2.58. The van der Waals surface area contributed by atoms with Crippen LogP contribution < -0.4 is 0 Å². The molecule has 0 heterocycles. The lowest BCUT2D eigenvalue weighted by Gasteiger charge is -2.58. The summed E-state index contributed by atoms with van der Waals surface area (Å²) in [5, 5.41) is 0. The second-order valence-electron chi connectivity index (χ2n) is 13.2. The van der Waals surface area contributed by atoms with Crippen molar-refractivity contribution in [3.63, 3.8) is 0 Å². The molecule has 2 saturated carbocycles. The second kappa shape index (κ2) is 9.80. The number of allylic oxidation sites excluding steroid dienone is 4. The van der Waals surface area contributed by atoms with Crippen molar-refractivity contribution in [2.45, 2.75) is 112 Å². The Morgan fingerprint density at radius 1 is 0.972 bits per heavy atom. The van der Waals surface area contributed by atoms with E-state index in [0.29, 0.717) is 42.4 Å². The van der Waals surface area contributed by atoms with Gasteiger partial charge in [0.25, 0.3) is 0 Å². The third-order valence-electron chi connectivity index (χ3n) is 10.7. The Hall–Kier alpha value is -1.84. The highest BCUT2D eigenvalue weighted by Crippen LogP contribution is 2.66. The van der Waals surface area contributed by atoms with Crippen molar-refractivity contribution in [1.82, 2.24) is 0 Å². The van der Waals surface area contributed by atoms with Gasteiger partial charge in [0.1, 0.15) is 11.7 Å². The Bertz CT molecular complexity index is 973. The molecule has 4 aliphatic carbocycles. The second-order valence-corrected chi connectivity index (χ2v) is 13.2. The van der Waals surface area contributed by atoms with Crippen molar-refractivity contribution in [2.75, 3.05) is 0 Å². The minimum atomic E-state index is -0.651. The summed E-state index contributed by atoms with van der Waals surface area (Å²) < 4.78 is 11.8. The van der Waals surface area contributed by atoms with Crippen LogP contribution in [-0.4, -0.2) is 23.6 Å². The van der Waals surface area contributed by atoms with E-state index in [-0.39, 0.29) is 28.9 Å². The van der Waals surface area contributed by atoms with Crippen molar-refractivity contribution < 1.29 is 19.1 Å². The zero-order chi connectivity index (χ0) is 26.5. The van der Waals surface area contributed by atoms with Crippen molar-refractivity contribution >= 4 is 11.9 Å². The number of carbonyl (C=O) groups is 2. The molecule has 4 nitrogen and oxygen atoms in total. The first kappa shape index (κ1) is 27.2. The van der Waals surface area contributed by atoms with Gasteiger partial charge in [0.15, 0.2) is 0 Å². The summed E-state index contributed by atoms with van der Waals surface area (Å²) in [6.45, 7) is 17.1. The quantitative estimate of drug-likeness (QED) is 0.281. The Morgan fingerprint density at radius 3 is 2.33 bits per heavy atom. The smallest absolute Gasteiger partial charge is 0.303 e. The van der Waals surface area contributed by atoms with E-state index in [1.807, 2.05) is 0 Å². The van der Waals surface area contributed by atoms with E-state index in [2.05, 4.69) is 65.8 Å². The van der Waals surface area contributed by atoms with E-state index < -0.39 is 5.60 Å². The topological polar surface area (TPSA) is 52.6 Å². The van der Waals surface area contributed by atoms with Crippen LogP contribution in [0.2, 0.25) is 0 Å². The highest BCUT2D eigenvalue weighted by Gasteiger charge is 2.62. The van der Waals surface area contributed by atoms with Crippen molar-refractivity contribution in [3.05, 3.63) is 35.5 Å². The zero-order valence-corrected chi connectivity index (χ0v) is 23.9. The molecule has 8 unspecified atom stereocenters. The van der Waals surface area contributed by atoms with Crippen molar-refractivity contribution in [2.24, 2.45) is 40.4 Å². The fourth-order valence-corrected chi connectivity index (χ4v) is 8.20. The van der Waals surface area contributed by atoms with Crippen LogP contribution in [0.25, 0.3) is 0 Å². The SMILES string of the molecule is CC(=O)OC1CCC2(C)C3=CCC4(C)C(CCC4C(C)C=CC(C)C(C)C)C3=CCC2(OC(C)=O)C1. The molecule has 4 aliphatic rings. The molecule has 200 valence electrons. The van der Waals surface area contributed by atoms with E-state index in [4.69, 9.17) is 9.47 Å². The summed E-state index contributed by atoms with van der Waals surface area (Å²) in [5.74, 6) is 2.55. The number of esters is 2. The summed E-state index contributed by atoms with van der Waals surface area (Å²) in [6, 6.07) is 0. The molecular weight excluding hydrogens is 448 g/mol. The summed E-state index contributed by atoms with van der Waals surface area (Å²) >= 11 is 0. The first-order valence-electron chi connectivity index (χ1n) is 14.3. The van der Waals surface area contributed by atoms with Crippen LogP contribution in [0.3, 0.4) is 0 Å². The Morgan fingerprint density at radius 2 is 1.69 bits per heavy atom. The van der Waals surface area contributed by atoms with Crippen molar-refractivity contribution in [1.29, 1.82) is 0 Å². The largest absolute Gasteiger partial charge is 0.462 e. The molecule has 8 atom stereocenters. The van der Waals surface area contributed by atoms with Crippen LogP contribution >= 0.6 is 0 Å². The first-order valence-corrected chi connectivity index (χ1v) is 14.3. The standard InChI is InChI=1S/C32H48O4/c1-20(2)21(3)9-10-22(4)27-11-12-28-26-14-18-32(36-24(6)34)19-25(35-23(5)33)13-17-31(32,8)29(26)15-16-30(27,28)7/h9-10,14-15,20-22,25,27-28H,11-13,16-19H2,1-8H3. The lowest BCUT2D eigenvalue weighted by molar-refractivity contribution is -0.190. The summed E-state index contributed by atoms with van der Waals surface area (Å²) in [6.07, 6.45) is 16.1. The molecule has 0 saturated heterocycles. The molecule has 0 bridgehead atoms. The highest BCUT2D eigenvalue weighted by molar-refractivity contribution is 5.68. The van der Waals surface area contributed by atoms with Gasteiger partial charge in [-0.25, -0.2) is 0 Å². The minimum Gasteiger partial charge on any atom is -0.462 e. The van der Waals surface area contributed by atoms with Crippen LogP contribution in [0, 0.1) is 40.4 Å².